The van der Waals surface area contributed by atoms with Gasteiger partial charge in [-0.05, 0) is 18.9 Å². The topological polar surface area (TPSA) is 72.5 Å². The molecule has 3 N–H and O–H groups in total. The Hall–Kier alpha value is -0.450. The van der Waals surface area contributed by atoms with Crippen molar-refractivity contribution in [1.82, 2.24) is 0 Å². The number of ether oxygens (including phenoxy) is 1. The molecule has 0 amide bonds. The van der Waals surface area contributed by atoms with E-state index in [0.717, 1.165) is 6.42 Å². The van der Waals surface area contributed by atoms with Gasteiger partial charge in [0.1, 0.15) is 12.7 Å². The minimum absolute atomic E-state index is 0.0145. The van der Waals surface area contributed by atoms with Crippen molar-refractivity contribution in [2.45, 2.75) is 26.4 Å². The van der Waals surface area contributed by atoms with E-state index in [9.17, 15) is 9.90 Å². The second kappa shape index (κ2) is 7.00. The summed E-state index contributed by atoms with van der Waals surface area (Å²) in [6.45, 7) is 4.61. The molecule has 0 aliphatic rings. The molecule has 0 heterocycles. The molecular weight excluding hydrogens is 170 g/mol. The van der Waals surface area contributed by atoms with Crippen LogP contribution in [0.1, 0.15) is 20.3 Å². The van der Waals surface area contributed by atoms with Gasteiger partial charge in [0, 0.05) is 6.61 Å². The Labute approximate surface area is 79.1 Å². The molecule has 0 aromatic carbocycles. The zero-order valence-electron chi connectivity index (χ0n) is 8.32. The molecule has 0 saturated carbocycles. The van der Waals surface area contributed by atoms with Crippen molar-refractivity contribution in [1.29, 1.82) is 0 Å². The normalized spacial score (nSPS) is 13.3. The fourth-order valence-corrected chi connectivity index (χ4v) is 0.815. The molecule has 0 aromatic heterocycles. The van der Waals surface area contributed by atoms with E-state index in [0.29, 0.717) is 13.2 Å². The smallest absolute Gasteiger partial charge is 0.187 e. The number of aliphatic hydroxyl groups excluding tert-OH is 1. The molecule has 1 atom stereocenters. The maximum atomic E-state index is 11.1. The third kappa shape index (κ3) is 5.74. The lowest BCUT2D eigenvalue weighted by atomic mass is 10.0. The molecule has 0 bridgehead atoms. The summed E-state index contributed by atoms with van der Waals surface area (Å²) < 4.78 is 5.02. The van der Waals surface area contributed by atoms with Crippen molar-refractivity contribution in [3.63, 3.8) is 0 Å². The number of hydrogen-bond donors (Lipinski definition) is 2. The standard InChI is InChI=1S/C9H19NO3/c1-7(2)9(12)8(11)6-13-5-3-4-10/h7,9,12H,3-6,10H2,1-2H3. The molecule has 1 unspecified atom stereocenters. The van der Waals surface area contributed by atoms with E-state index in [2.05, 4.69) is 0 Å². The first-order valence-corrected chi connectivity index (χ1v) is 4.58. The van der Waals surface area contributed by atoms with Gasteiger partial charge in [0.25, 0.3) is 0 Å². The highest BCUT2D eigenvalue weighted by molar-refractivity contribution is 5.84. The Morgan fingerprint density at radius 1 is 1.54 bits per heavy atom. The molecule has 0 fully saturated rings. The number of carbonyl (C=O) groups is 1. The van der Waals surface area contributed by atoms with Crippen molar-refractivity contribution in [2.24, 2.45) is 11.7 Å². The summed E-state index contributed by atoms with van der Waals surface area (Å²) in [5.74, 6) is -0.308. The van der Waals surface area contributed by atoms with E-state index in [1.54, 1.807) is 13.8 Å². The lowest BCUT2D eigenvalue weighted by Gasteiger charge is -2.12. The van der Waals surface area contributed by atoms with Crippen LogP contribution in [0.4, 0.5) is 0 Å². The van der Waals surface area contributed by atoms with Gasteiger partial charge < -0.3 is 15.6 Å². The third-order valence-electron chi connectivity index (χ3n) is 1.70. The molecule has 0 radical (unpaired) electrons. The highest BCUT2D eigenvalue weighted by Gasteiger charge is 2.18. The zero-order valence-corrected chi connectivity index (χ0v) is 8.32. The number of hydrogen-bond acceptors (Lipinski definition) is 4. The number of Topliss-reactive ketones (excluding diaryl/α,β-unsaturated/α-hetero) is 1. The molecule has 0 aliphatic heterocycles. The van der Waals surface area contributed by atoms with Gasteiger partial charge in [-0.25, -0.2) is 0 Å². The maximum absolute atomic E-state index is 11.1. The fourth-order valence-electron chi connectivity index (χ4n) is 0.815. The summed E-state index contributed by atoms with van der Waals surface area (Å²) in [5, 5.41) is 9.30. The number of aliphatic hydroxyl groups is 1. The SMILES string of the molecule is CC(C)C(O)C(=O)COCCCN. The first kappa shape index (κ1) is 12.6. The van der Waals surface area contributed by atoms with Gasteiger partial charge in [0.15, 0.2) is 5.78 Å². The van der Waals surface area contributed by atoms with E-state index in [-0.39, 0.29) is 18.3 Å². The van der Waals surface area contributed by atoms with Crippen LogP contribution in [-0.4, -0.2) is 36.8 Å². The number of nitrogens with two attached hydrogens (primary N) is 1. The molecule has 13 heavy (non-hydrogen) atoms. The monoisotopic (exact) mass is 189 g/mol. The van der Waals surface area contributed by atoms with Crippen molar-refractivity contribution in [3.8, 4) is 0 Å². The van der Waals surface area contributed by atoms with E-state index in [1.165, 1.54) is 0 Å². The summed E-state index contributed by atoms with van der Waals surface area (Å²) in [6.07, 6.45) is -0.164. The van der Waals surface area contributed by atoms with Gasteiger partial charge in [-0.1, -0.05) is 13.8 Å². The second-order valence-electron chi connectivity index (χ2n) is 3.35. The van der Waals surface area contributed by atoms with Gasteiger partial charge in [0.2, 0.25) is 0 Å². The average molecular weight is 189 g/mol. The second-order valence-corrected chi connectivity index (χ2v) is 3.35. The molecule has 0 saturated heterocycles. The van der Waals surface area contributed by atoms with Crippen LogP contribution >= 0.6 is 0 Å². The Balaban J connectivity index is 3.50. The van der Waals surface area contributed by atoms with Crippen LogP contribution in [0, 0.1) is 5.92 Å². The molecule has 4 heteroatoms. The van der Waals surface area contributed by atoms with Crippen molar-refractivity contribution in [3.05, 3.63) is 0 Å². The zero-order chi connectivity index (χ0) is 10.3. The summed E-state index contributed by atoms with van der Waals surface area (Å²) >= 11 is 0. The summed E-state index contributed by atoms with van der Waals surface area (Å²) in [6, 6.07) is 0. The number of carbonyl (C=O) groups excluding carboxylic acids is 1. The quantitative estimate of drug-likeness (QED) is 0.550. The van der Waals surface area contributed by atoms with Crippen molar-refractivity contribution < 1.29 is 14.6 Å². The maximum Gasteiger partial charge on any atom is 0.187 e. The van der Waals surface area contributed by atoms with Crippen LogP contribution in [0.2, 0.25) is 0 Å². The Morgan fingerprint density at radius 2 is 2.15 bits per heavy atom. The Kier molecular flexibility index (Phi) is 6.76. The molecule has 0 aromatic rings. The van der Waals surface area contributed by atoms with E-state index in [4.69, 9.17) is 10.5 Å². The lowest BCUT2D eigenvalue weighted by Crippen LogP contribution is -2.29. The van der Waals surface area contributed by atoms with Gasteiger partial charge in [-0.2, -0.15) is 0 Å². The van der Waals surface area contributed by atoms with Crippen LogP contribution in [0.25, 0.3) is 0 Å². The lowest BCUT2D eigenvalue weighted by molar-refractivity contribution is -0.133. The van der Waals surface area contributed by atoms with E-state index >= 15 is 0 Å². The van der Waals surface area contributed by atoms with Crippen LogP contribution in [-0.2, 0) is 9.53 Å². The minimum Gasteiger partial charge on any atom is -0.385 e. The molecular formula is C9H19NO3. The first-order valence-electron chi connectivity index (χ1n) is 4.58. The minimum atomic E-state index is -0.905. The summed E-state index contributed by atoms with van der Waals surface area (Å²) in [5.41, 5.74) is 5.24. The molecule has 0 aliphatic carbocycles. The molecule has 0 rings (SSSR count). The number of rotatable bonds is 7. The van der Waals surface area contributed by atoms with Gasteiger partial charge in [0.05, 0.1) is 0 Å². The predicted molar refractivity (Wildman–Crippen MR) is 50.3 cm³/mol. The van der Waals surface area contributed by atoms with Crippen LogP contribution in [0.3, 0.4) is 0 Å². The highest BCUT2D eigenvalue weighted by atomic mass is 16.5. The summed E-state index contributed by atoms with van der Waals surface area (Å²) in [4.78, 5) is 11.1. The number of ketones is 1. The van der Waals surface area contributed by atoms with Gasteiger partial charge in [-0.15, -0.1) is 0 Å². The van der Waals surface area contributed by atoms with Crippen LogP contribution in [0.15, 0.2) is 0 Å². The Morgan fingerprint density at radius 3 is 2.62 bits per heavy atom. The predicted octanol–water partition coefficient (Wildman–Crippen LogP) is -0.0622. The third-order valence-corrected chi connectivity index (χ3v) is 1.70. The van der Waals surface area contributed by atoms with Gasteiger partial charge in [-0.3, -0.25) is 4.79 Å². The molecule has 78 valence electrons. The molecule has 4 nitrogen and oxygen atoms in total. The first-order chi connectivity index (χ1) is 6.09. The van der Waals surface area contributed by atoms with E-state index < -0.39 is 6.10 Å². The fraction of sp³-hybridized carbons (Fsp3) is 0.889. The van der Waals surface area contributed by atoms with Gasteiger partial charge >= 0.3 is 0 Å². The van der Waals surface area contributed by atoms with E-state index in [1.807, 2.05) is 0 Å². The van der Waals surface area contributed by atoms with Crippen molar-refractivity contribution in [2.75, 3.05) is 19.8 Å². The van der Waals surface area contributed by atoms with Crippen LogP contribution in [0.5, 0.6) is 0 Å². The average Bonchev–Trinajstić information content (AvgIpc) is 2.10. The van der Waals surface area contributed by atoms with Crippen LogP contribution < -0.4 is 5.73 Å². The van der Waals surface area contributed by atoms with Crippen molar-refractivity contribution >= 4 is 5.78 Å². The highest BCUT2D eigenvalue weighted by Crippen LogP contribution is 2.02. The molecule has 0 spiro atoms. The summed E-state index contributed by atoms with van der Waals surface area (Å²) in [7, 11) is 0. The largest absolute Gasteiger partial charge is 0.385 e. The Bertz CT molecular complexity index is 148.